The van der Waals surface area contributed by atoms with Gasteiger partial charge in [-0.1, -0.05) is 64.7 Å². The van der Waals surface area contributed by atoms with Crippen molar-refractivity contribution in [2.75, 3.05) is 26.4 Å². The van der Waals surface area contributed by atoms with Gasteiger partial charge in [-0.2, -0.15) is 0 Å². The molecule has 0 aliphatic rings. The second kappa shape index (κ2) is 18.5. The van der Waals surface area contributed by atoms with Crippen LogP contribution in [0, 0.1) is 0 Å². The van der Waals surface area contributed by atoms with Crippen LogP contribution >= 0.6 is 7.82 Å². The standard InChI is InChI=1S/C18H38NO8P/c1-2-3-4-5-6-7-8-9-10-11-13-24-15-17(20)16-26-28(23,27-19)25-14-12-18(21)22/h17,20H,2-16,19H2,1H3,(H,21,22). The van der Waals surface area contributed by atoms with Gasteiger partial charge in [0.1, 0.15) is 6.10 Å². The third-order valence-corrected chi connectivity index (χ3v) is 5.29. The van der Waals surface area contributed by atoms with Crippen molar-refractivity contribution in [1.29, 1.82) is 0 Å². The van der Waals surface area contributed by atoms with Crippen LogP contribution in [0.25, 0.3) is 0 Å². The fraction of sp³-hybridized carbons (Fsp3) is 0.944. The fourth-order valence-corrected chi connectivity index (χ4v) is 3.35. The number of hydrogen-bond donors (Lipinski definition) is 3. The Kier molecular flexibility index (Phi) is 18.1. The third-order valence-electron chi connectivity index (χ3n) is 4.07. The smallest absolute Gasteiger partial charge is 0.481 e. The molecule has 0 bridgehead atoms. The molecule has 28 heavy (non-hydrogen) atoms. The Labute approximate surface area is 168 Å². The Morgan fingerprint density at radius 2 is 1.50 bits per heavy atom. The highest BCUT2D eigenvalue weighted by Gasteiger charge is 2.27. The molecule has 0 saturated heterocycles. The summed E-state index contributed by atoms with van der Waals surface area (Å²) in [5.74, 6) is 3.74. The maximum absolute atomic E-state index is 11.9. The van der Waals surface area contributed by atoms with E-state index in [1.54, 1.807) is 0 Å². The number of aliphatic hydroxyl groups excluding tert-OH is 1. The predicted octanol–water partition coefficient (Wildman–Crippen LogP) is 3.79. The van der Waals surface area contributed by atoms with Crippen LogP contribution in [0.1, 0.15) is 77.6 Å². The summed E-state index contributed by atoms with van der Waals surface area (Å²) in [5.41, 5.74) is 0. The monoisotopic (exact) mass is 427 g/mol. The zero-order chi connectivity index (χ0) is 21.1. The quantitative estimate of drug-likeness (QED) is 0.142. The third kappa shape index (κ3) is 17.6. The van der Waals surface area contributed by atoms with E-state index in [-0.39, 0.29) is 26.2 Å². The first-order valence-electron chi connectivity index (χ1n) is 10.2. The van der Waals surface area contributed by atoms with Crippen molar-refractivity contribution in [3.8, 4) is 0 Å². The molecular formula is C18H38NO8P. The maximum atomic E-state index is 11.9. The lowest BCUT2D eigenvalue weighted by molar-refractivity contribution is -0.137. The highest BCUT2D eigenvalue weighted by Crippen LogP contribution is 2.47. The van der Waals surface area contributed by atoms with E-state index in [1.165, 1.54) is 51.4 Å². The summed E-state index contributed by atoms with van der Waals surface area (Å²) >= 11 is 0. The normalized spacial score (nSPS) is 14.7. The number of carboxylic acid groups (broad SMARTS) is 1. The molecule has 168 valence electrons. The molecule has 0 aromatic heterocycles. The second-order valence-electron chi connectivity index (χ2n) is 6.74. The number of ether oxygens (including phenoxy) is 1. The molecule has 0 amide bonds. The van der Waals surface area contributed by atoms with Crippen LogP contribution < -0.4 is 5.90 Å². The molecule has 10 heteroatoms. The largest absolute Gasteiger partial charge is 0.491 e. The molecule has 0 spiro atoms. The van der Waals surface area contributed by atoms with E-state index >= 15 is 0 Å². The molecule has 0 radical (unpaired) electrons. The van der Waals surface area contributed by atoms with Crippen molar-refractivity contribution in [3.63, 3.8) is 0 Å². The van der Waals surface area contributed by atoms with Gasteiger partial charge in [0.25, 0.3) is 0 Å². The minimum atomic E-state index is -4.08. The van der Waals surface area contributed by atoms with E-state index in [0.717, 1.165) is 12.8 Å². The number of aliphatic hydroxyl groups is 1. The first kappa shape index (κ1) is 27.5. The van der Waals surface area contributed by atoms with Gasteiger partial charge in [-0.05, 0) is 6.42 Å². The number of aliphatic carboxylic acids is 1. The van der Waals surface area contributed by atoms with E-state index < -0.39 is 19.9 Å². The molecule has 9 nitrogen and oxygen atoms in total. The SMILES string of the molecule is CCCCCCCCCCCCOCC(O)COP(=O)(ON)OCCC(=O)O. The number of phosphoric ester groups is 1. The Morgan fingerprint density at radius 1 is 0.929 bits per heavy atom. The minimum Gasteiger partial charge on any atom is -0.481 e. The molecule has 0 aromatic rings. The summed E-state index contributed by atoms with van der Waals surface area (Å²) in [6, 6.07) is 0. The van der Waals surface area contributed by atoms with Gasteiger partial charge in [0.15, 0.2) is 0 Å². The number of rotatable bonds is 21. The van der Waals surface area contributed by atoms with Gasteiger partial charge in [0.2, 0.25) is 0 Å². The Hall–Kier alpha value is -0.540. The summed E-state index contributed by atoms with van der Waals surface area (Å²) in [7, 11) is -4.08. The van der Waals surface area contributed by atoms with Crippen molar-refractivity contribution < 1.29 is 38.0 Å². The number of unbranched alkanes of at least 4 members (excludes halogenated alkanes) is 9. The topological polar surface area (TPSA) is 138 Å². The number of hydrogen-bond acceptors (Lipinski definition) is 8. The first-order chi connectivity index (χ1) is 13.4. The van der Waals surface area contributed by atoms with Crippen LogP contribution in [-0.4, -0.2) is 48.7 Å². The van der Waals surface area contributed by atoms with Crippen LogP contribution in [0.5, 0.6) is 0 Å². The van der Waals surface area contributed by atoms with Gasteiger partial charge in [0, 0.05) is 6.61 Å². The van der Waals surface area contributed by atoms with Gasteiger partial charge in [-0.3, -0.25) is 13.8 Å². The molecule has 2 unspecified atom stereocenters. The zero-order valence-corrected chi connectivity index (χ0v) is 17.9. The van der Waals surface area contributed by atoms with E-state index in [0.29, 0.717) is 6.61 Å². The van der Waals surface area contributed by atoms with Crippen molar-refractivity contribution in [1.82, 2.24) is 0 Å². The van der Waals surface area contributed by atoms with Crippen molar-refractivity contribution in [2.24, 2.45) is 5.90 Å². The number of carboxylic acids is 1. The average molecular weight is 427 g/mol. The zero-order valence-electron chi connectivity index (χ0n) is 17.1. The highest BCUT2D eigenvalue weighted by atomic mass is 31.2. The second-order valence-corrected chi connectivity index (χ2v) is 8.36. The van der Waals surface area contributed by atoms with Gasteiger partial charge in [-0.15, -0.1) is 0 Å². The highest BCUT2D eigenvalue weighted by molar-refractivity contribution is 7.48. The van der Waals surface area contributed by atoms with E-state index in [2.05, 4.69) is 11.5 Å². The van der Waals surface area contributed by atoms with Gasteiger partial charge >= 0.3 is 13.8 Å². The molecule has 0 rings (SSSR count). The lowest BCUT2D eigenvalue weighted by Gasteiger charge is -2.17. The van der Waals surface area contributed by atoms with Gasteiger partial charge in [-0.25, -0.2) is 15.1 Å². The molecule has 2 atom stereocenters. The Balaban J connectivity index is 3.57. The minimum absolute atomic E-state index is 0.0249. The summed E-state index contributed by atoms with van der Waals surface area (Å²) in [5, 5.41) is 18.3. The Bertz CT molecular complexity index is 424. The summed E-state index contributed by atoms with van der Waals surface area (Å²) in [6.07, 6.45) is 11.0. The molecule has 0 saturated carbocycles. The van der Waals surface area contributed by atoms with Gasteiger partial charge in [0.05, 0.1) is 26.2 Å². The van der Waals surface area contributed by atoms with Gasteiger partial charge < -0.3 is 14.9 Å². The average Bonchev–Trinajstić information content (AvgIpc) is 2.67. The van der Waals surface area contributed by atoms with E-state index in [9.17, 15) is 14.5 Å². The summed E-state index contributed by atoms with van der Waals surface area (Å²) < 4.78 is 31.0. The first-order valence-corrected chi connectivity index (χ1v) is 11.6. The summed E-state index contributed by atoms with van der Waals surface area (Å²) in [6.45, 7) is 2.04. The summed E-state index contributed by atoms with van der Waals surface area (Å²) in [4.78, 5) is 10.4. The van der Waals surface area contributed by atoms with Crippen LogP contribution in [-0.2, 0) is 27.8 Å². The molecule has 0 aromatic carbocycles. The van der Waals surface area contributed by atoms with Crippen LogP contribution in [0.15, 0.2) is 0 Å². The molecule has 0 fully saturated rings. The van der Waals surface area contributed by atoms with Crippen molar-refractivity contribution in [2.45, 2.75) is 83.7 Å². The van der Waals surface area contributed by atoms with E-state index in [4.69, 9.17) is 24.8 Å². The van der Waals surface area contributed by atoms with E-state index in [1.807, 2.05) is 0 Å². The molecule has 4 N–H and O–H groups in total. The molecule has 0 aliphatic heterocycles. The molecular weight excluding hydrogens is 389 g/mol. The van der Waals surface area contributed by atoms with Crippen LogP contribution in [0.4, 0.5) is 0 Å². The molecule has 0 heterocycles. The molecule has 0 aliphatic carbocycles. The van der Waals surface area contributed by atoms with Crippen LogP contribution in [0.2, 0.25) is 0 Å². The maximum Gasteiger partial charge on any atom is 0.491 e. The van der Waals surface area contributed by atoms with Crippen molar-refractivity contribution in [3.05, 3.63) is 0 Å². The predicted molar refractivity (Wildman–Crippen MR) is 106 cm³/mol. The number of phosphoric acid groups is 1. The lowest BCUT2D eigenvalue weighted by Crippen LogP contribution is -2.22. The Morgan fingerprint density at radius 3 is 2.04 bits per heavy atom. The fourth-order valence-electron chi connectivity index (χ4n) is 2.48. The van der Waals surface area contributed by atoms with Crippen LogP contribution in [0.3, 0.4) is 0 Å². The number of nitrogens with two attached hydrogens (primary N) is 1. The van der Waals surface area contributed by atoms with Crippen molar-refractivity contribution >= 4 is 13.8 Å². The number of carbonyl (C=O) groups is 1. The lowest BCUT2D eigenvalue weighted by atomic mass is 10.1.